The molecule has 0 spiro atoms. The Kier molecular flexibility index (Phi) is 3.87. The van der Waals surface area contributed by atoms with Crippen molar-refractivity contribution in [3.63, 3.8) is 0 Å². The minimum Gasteiger partial charge on any atom is -0.330 e. The normalized spacial score (nSPS) is 18.3. The summed E-state index contributed by atoms with van der Waals surface area (Å²) in [5.41, 5.74) is 8.38. The summed E-state index contributed by atoms with van der Waals surface area (Å²) in [7, 11) is 0. The smallest absolute Gasteiger partial charge is 0.0975 e. The minimum absolute atomic E-state index is 0.471. The number of thiazole rings is 1. The molecular weight excluding hydrogens is 276 g/mol. The maximum absolute atomic E-state index is 5.91. The molecule has 2 aromatic rings. The number of hydrogen-bond acceptors (Lipinski definition) is 3. The number of aromatic nitrogens is 1. The van der Waals surface area contributed by atoms with Crippen molar-refractivity contribution in [2.75, 3.05) is 6.54 Å². The molecule has 0 amide bonds. The first-order valence-electron chi connectivity index (χ1n) is 6.69. The molecule has 1 atom stereocenters. The largest absolute Gasteiger partial charge is 0.330 e. The molecule has 1 aliphatic carbocycles. The predicted octanol–water partition coefficient (Wildman–Crippen LogP) is 3.77. The lowest BCUT2D eigenvalue weighted by molar-refractivity contribution is 0.553. The highest BCUT2D eigenvalue weighted by atomic mass is 35.5. The molecular formula is C15H17ClN2S. The molecule has 2 nitrogen and oxygen atoms in total. The van der Waals surface area contributed by atoms with Gasteiger partial charge in [0.1, 0.15) is 0 Å². The van der Waals surface area contributed by atoms with E-state index in [-0.39, 0.29) is 0 Å². The molecule has 0 aliphatic heterocycles. The Labute approximate surface area is 122 Å². The van der Waals surface area contributed by atoms with Crippen molar-refractivity contribution in [1.82, 2.24) is 4.98 Å². The van der Waals surface area contributed by atoms with E-state index in [1.54, 1.807) is 0 Å². The first-order chi connectivity index (χ1) is 9.26. The zero-order valence-electron chi connectivity index (χ0n) is 10.7. The first-order valence-corrected chi connectivity index (χ1v) is 7.88. The van der Waals surface area contributed by atoms with Crippen molar-refractivity contribution >= 4 is 22.9 Å². The number of nitrogens with zero attached hydrogens (tertiary/aromatic N) is 1. The molecule has 1 aliphatic rings. The van der Waals surface area contributed by atoms with Gasteiger partial charge in [-0.25, -0.2) is 4.98 Å². The molecule has 1 aromatic heterocycles. The van der Waals surface area contributed by atoms with Crippen LogP contribution in [0.15, 0.2) is 24.3 Å². The molecule has 0 saturated carbocycles. The fourth-order valence-corrected chi connectivity index (χ4v) is 4.00. The number of halogens is 1. The van der Waals surface area contributed by atoms with E-state index in [0.717, 1.165) is 18.0 Å². The first kappa shape index (κ1) is 13.1. The summed E-state index contributed by atoms with van der Waals surface area (Å²) in [4.78, 5) is 6.28. The van der Waals surface area contributed by atoms with E-state index in [4.69, 9.17) is 22.3 Å². The van der Waals surface area contributed by atoms with Gasteiger partial charge in [0.2, 0.25) is 0 Å². The molecule has 2 N–H and O–H groups in total. The van der Waals surface area contributed by atoms with Gasteiger partial charge in [-0.2, -0.15) is 0 Å². The maximum Gasteiger partial charge on any atom is 0.0975 e. The zero-order valence-corrected chi connectivity index (χ0v) is 12.3. The van der Waals surface area contributed by atoms with E-state index < -0.39 is 0 Å². The average molecular weight is 293 g/mol. The summed E-state index contributed by atoms with van der Waals surface area (Å²) in [6.45, 7) is 0.719. The lowest BCUT2D eigenvalue weighted by Gasteiger charge is -2.18. The molecule has 1 aromatic carbocycles. The van der Waals surface area contributed by atoms with Gasteiger partial charge in [-0.1, -0.05) is 23.7 Å². The summed E-state index contributed by atoms with van der Waals surface area (Å²) in [6.07, 6.45) is 4.50. The van der Waals surface area contributed by atoms with Crippen LogP contribution in [0.25, 0.3) is 0 Å². The van der Waals surface area contributed by atoms with Crippen LogP contribution in [-0.2, 0) is 12.8 Å². The zero-order chi connectivity index (χ0) is 13.2. The molecule has 1 unspecified atom stereocenters. The topological polar surface area (TPSA) is 38.9 Å². The fraction of sp³-hybridized carbons (Fsp3) is 0.400. The van der Waals surface area contributed by atoms with Crippen LogP contribution in [0.3, 0.4) is 0 Å². The molecule has 3 rings (SSSR count). The van der Waals surface area contributed by atoms with Gasteiger partial charge in [-0.3, -0.25) is 0 Å². The van der Waals surface area contributed by atoms with E-state index in [0.29, 0.717) is 5.92 Å². The van der Waals surface area contributed by atoms with Crippen molar-refractivity contribution in [3.05, 3.63) is 50.4 Å². The lowest BCUT2D eigenvalue weighted by atomic mass is 9.91. The van der Waals surface area contributed by atoms with Crippen LogP contribution < -0.4 is 5.73 Å². The highest BCUT2D eigenvalue weighted by Crippen LogP contribution is 2.34. The Bertz CT molecular complexity index is 562. The van der Waals surface area contributed by atoms with E-state index in [1.165, 1.54) is 40.4 Å². The van der Waals surface area contributed by atoms with E-state index in [1.807, 2.05) is 23.5 Å². The summed E-state index contributed by atoms with van der Waals surface area (Å²) in [6, 6.07) is 8.02. The Morgan fingerprint density at radius 2 is 2.11 bits per heavy atom. The van der Waals surface area contributed by atoms with Crippen LogP contribution in [0.4, 0.5) is 0 Å². The van der Waals surface area contributed by atoms with E-state index >= 15 is 0 Å². The summed E-state index contributed by atoms with van der Waals surface area (Å²) in [5, 5.41) is 1.98. The summed E-state index contributed by atoms with van der Waals surface area (Å²) >= 11 is 7.76. The van der Waals surface area contributed by atoms with Crippen LogP contribution in [0.1, 0.15) is 39.9 Å². The van der Waals surface area contributed by atoms with Crippen LogP contribution in [-0.4, -0.2) is 11.5 Å². The molecule has 100 valence electrons. The summed E-state index contributed by atoms with van der Waals surface area (Å²) < 4.78 is 0. The van der Waals surface area contributed by atoms with Crippen molar-refractivity contribution in [2.24, 2.45) is 5.73 Å². The third-order valence-electron chi connectivity index (χ3n) is 3.67. The standard InChI is InChI=1S/C15H17ClN2S/c16-12-6-4-10(5-7-12)8-14-18-15-11(9-17)2-1-3-13(15)19-14/h4-7,11H,1-3,8-9,17H2. The highest BCUT2D eigenvalue weighted by molar-refractivity contribution is 7.11. The second-order valence-corrected chi connectivity index (χ2v) is 6.65. The Morgan fingerprint density at radius 1 is 1.32 bits per heavy atom. The molecule has 0 radical (unpaired) electrons. The van der Waals surface area contributed by atoms with Crippen LogP contribution >= 0.6 is 22.9 Å². The van der Waals surface area contributed by atoms with Crippen molar-refractivity contribution in [3.8, 4) is 0 Å². The Hall–Kier alpha value is -0.900. The number of nitrogens with two attached hydrogens (primary N) is 1. The van der Waals surface area contributed by atoms with Crippen molar-refractivity contribution in [1.29, 1.82) is 0 Å². The third-order valence-corrected chi connectivity index (χ3v) is 5.05. The molecule has 1 heterocycles. The number of aryl methyl sites for hydroxylation is 1. The fourth-order valence-electron chi connectivity index (χ4n) is 2.64. The average Bonchev–Trinajstić information content (AvgIpc) is 2.83. The van der Waals surface area contributed by atoms with Gasteiger partial charge in [0.05, 0.1) is 10.7 Å². The van der Waals surface area contributed by atoms with Gasteiger partial charge in [-0.15, -0.1) is 11.3 Å². The van der Waals surface area contributed by atoms with Crippen molar-refractivity contribution < 1.29 is 0 Å². The number of rotatable bonds is 3. The number of benzene rings is 1. The quantitative estimate of drug-likeness (QED) is 0.935. The molecule has 19 heavy (non-hydrogen) atoms. The molecule has 0 fully saturated rings. The number of hydrogen-bond donors (Lipinski definition) is 1. The van der Waals surface area contributed by atoms with E-state index in [9.17, 15) is 0 Å². The second kappa shape index (κ2) is 5.61. The molecule has 0 saturated heterocycles. The van der Waals surface area contributed by atoms with Gasteiger partial charge in [0, 0.05) is 28.8 Å². The maximum atomic E-state index is 5.91. The SMILES string of the molecule is NCC1CCCc2sc(Cc3ccc(Cl)cc3)nc21. The predicted molar refractivity (Wildman–Crippen MR) is 81.1 cm³/mol. The monoisotopic (exact) mass is 292 g/mol. The minimum atomic E-state index is 0.471. The van der Waals surface area contributed by atoms with Gasteiger partial charge in [0.15, 0.2) is 0 Å². The highest BCUT2D eigenvalue weighted by Gasteiger charge is 2.23. The second-order valence-electron chi connectivity index (χ2n) is 5.04. The Balaban J connectivity index is 1.82. The molecule has 4 heteroatoms. The van der Waals surface area contributed by atoms with Crippen LogP contribution in [0, 0.1) is 0 Å². The van der Waals surface area contributed by atoms with Gasteiger partial charge in [0.25, 0.3) is 0 Å². The Morgan fingerprint density at radius 3 is 2.84 bits per heavy atom. The van der Waals surface area contributed by atoms with Crippen molar-refractivity contribution in [2.45, 2.75) is 31.6 Å². The van der Waals surface area contributed by atoms with Crippen LogP contribution in [0.5, 0.6) is 0 Å². The summed E-state index contributed by atoms with van der Waals surface area (Å²) in [5.74, 6) is 0.471. The van der Waals surface area contributed by atoms with Gasteiger partial charge >= 0.3 is 0 Å². The number of fused-ring (bicyclic) bond motifs is 1. The van der Waals surface area contributed by atoms with E-state index in [2.05, 4.69) is 12.1 Å². The van der Waals surface area contributed by atoms with Gasteiger partial charge in [-0.05, 0) is 37.0 Å². The lowest BCUT2D eigenvalue weighted by Crippen LogP contribution is -2.17. The van der Waals surface area contributed by atoms with Gasteiger partial charge < -0.3 is 5.73 Å². The van der Waals surface area contributed by atoms with Crippen LogP contribution in [0.2, 0.25) is 5.02 Å². The molecule has 0 bridgehead atoms. The third kappa shape index (κ3) is 2.83.